The third-order valence-electron chi connectivity index (χ3n) is 1.97. The van der Waals surface area contributed by atoms with Crippen LogP contribution in [0.2, 0.25) is 0 Å². The van der Waals surface area contributed by atoms with Crippen LogP contribution in [0, 0.1) is 0 Å². The summed E-state index contributed by atoms with van der Waals surface area (Å²) in [5, 5.41) is 11.6. The van der Waals surface area contributed by atoms with E-state index in [1.165, 1.54) is 0 Å². The summed E-state index contributed by atoms with van der Waals surface area (Å²) < 4.78 is 5.04. The lowest BCUT2D eigenvalue weighted by Gasteiger charge is -2.10. The number of carboxylic acid groups (broad SMARTS) is 1. The van der Waals surface area contributed by atoms with Gasteiger partial charge in [0.05, 0.1) is 13.0 Å². The molecule has 0 saturated carbocycles. The van der Waals surface area contributed by atoms with E-state index >= 15 is 0 Å². The fourth-order valence-electron chi connectivity index (χ4n) is 1.28. The second-order valence-corrected chi connectivity index (χ2v) is 3.16. The highest BCUT2D eigenvalue weighted by Gasteiger charge is 2.01. The van der Waals surface area contributed by atoms with E-state index in [9.17, 15) is 4.79 Å². The van der Waals surface area contributed by atoms with Crippen molar-refractivity contribution in [2.24, 2.45) is 0 Å². The Bertz CT molecular complexity index is 325. The Kier molecular flexibility index (Phi) is 4.63. The van der Waals surface area contributed by atoms with Crippen molar-refractivity contribution in [3.8, 4) is 0 Å². The molecular formula is C11H15NO3. The zero-order valence-corrected chi connectivity index (χ0v) is 8.69. The molecule has 0 spiro atoms. The standard InChI is InChI=1S/C11H15NO3/c1-15-8-9-4-2-3-5-10(9)12-7-6-11(13)14/h2-5,12H,6-8H2,1H3,(H,13,14). The molecule has 1 aromatic rings. The Morgan fingerprint density at radius 2 is 2.20 bits per heavy atom. The molecule has 4 nitrogen and oxygen atoms in total. The lowest BCUT2D eigenvalue weighted by atomic mass is 10.2. The molecule has 0 aliphatic heterocycles. The molecule has 1 rings (SSSR count). The van der Waals surface area contributed by atoms with Gasteiger partial charge in [-0.1, -0.05) is 18.2 Å². The highest BCUT2D eigenvalue weighted by Crippen LogP contribution is 2.15. The SMILES string of the molecule is COCc1ccccc1NCCC(=O)O. The summed E-state index contributed by atoms with van der Waals surface area (Å²) in [6.45, 7) is 0.951. The van der Waals surface area contributed by atoms with Crippen LogP contribution >= 0.6 is 0 Å². The summed E-state index contributed by atoms with van der Waals surface area (Å²) >= 11 is 0. The van der Waals surface area contributed by atoms with E-state index < -0.39 is 5.97 Å². The van der Waals surface area contributed by atoms with Crippen LogP contribution in [0.1, 0.15) is 12.0 Å². The van der Waals surface area contributed by atoms with Crippen LogP contribution < -0.4 is 5.32 Å². The van der Waals surface area contributed by atoms with Crippen molar-refractivity contribution in [1.29, 1.82) is 0 Å². The van der Waals surface area contributed by atoms with E-state index in [0.717, 1.165) is 11.3 Å². The quantitative estimate of drug-likeness (QED) is 0.749. The first kappa shape index (κ1) is 11.5. The van der Waals surface area contributed by atoms with Gasteiger partial charge in [-0.2, -0.15) is 0 Å². The minimum absolute atomic E-state index is 0.112. The van der Waals surface area contributed by atoms with E-state index in [-0.39, 0.29) is 6.42 Å². The van der Waals surface area contributed by atoms with E-state index in [2.05, 4.69) is 5.32 Å². The average molecular weight is 209 g/mol. The number of benzene rings is 1. The van der Waals surface area contributed by atoms with Crippen LogP contribution in [0.5, 0.6) is 0 Å². The van der Waals surface area contributed by atoms with Gasteiger partial charge in [-0.05, 0) is 6.07 Å². The molecule has 82 valence electrons. The first-order valence-electron chi connectivity index (χ1n) is 4.76. The van der Waals surface area contributed by atoms with Crippen LogP contribution in [-0.4, -0.2) is 24.7 Å². The molecule has 0 amide bonds. The molecule has 0 bridgehead atoms. The number of methoxy groups -OCH3 is 1. The number of rotatable bonds is 6. The fraction of sp³-hybridized carbons (Fsp3) is 0.364. The van der Waals surface area contributed by atoms with Gasteiger partial charge < -0.3 is 15.2 Å². The van der Waals surface area contributed by atoms with Crippen LogP contribution in [0.4, 0.5) is 5.69 Å². The maximum Gasteiger partial charge on any atom is 0.305 e. The number of hydrogen-bond acceptors (Lipinski definition) is 3. The van der Waals surface area contributed by atoms with Crippen molar-refractivity contribution in [3.63, 3.8) is 0 Å². The van der Waals surface area contributed by atoms with Crippen molar-refractivity contribution in [2.45, 2.75) is 13.0 Å². The summed E-state index contributed by atoms with van der Waals surface area (Å²) in [5.41, 5.74) is 1.96. The van der Waals surface area contributed by atoms with Crippen molar-refractivity contribution in [1.82, 2.24) is 0 Å². The van der Waals surface area contributed by atoms with Crippen molar-refractivity contribution in [3.05, 3.63) is 29.8 Å². The number of carboxylic acids is 1. The third kappa shape index (κ3) is 3.99. The molecule has 0 saturated heterocycles. The van der Waals surface area contributed by atoms with Gasteiger partial charge in [-0.3, -0.25) is 4.79 Å². The zero-order chi connectivity index (χ0) is 11.1. The number of nitrogens with one attached hydrogen (secondary N) is 1. The average Bonchev–Trinajstić information content (AvgIpc) is 2.20. The van der Waals surface area contributed by atoms with Gasteiger partial charge in [0.15, 0.2) is 0 Å². The number of hydrogen-bond donors (Lipinski definition) is 2. The smallest absolute Gasteiger partial charge is 0.305 e. The Morgan fingerprint density at radius 1 is 1.47 bits per heavy atom. The van der Waals surface area contributed by atoms with E-state index in [4.69, 9.17) is 9.84 Å². The molecule has 15 heavy (non-hydrogen) atoms. The predicted octanol–water partition coefficient (Wildman–Crippen LogP) is 1.72. The van der Waals surface area contributed by atoms with Gasteiger partial charge >= 0.3 is 5.97 Å². The minimum Gasteiger partial charge on any atom is -0.481 e. The molecule has 0 unspecified atom stereocenters. The predicted molar refractivity (Wildman–Crippen MR) is 57.9 cm³/mol. The van der Waals surface area contributed by atoms with Gasteiger partial charge in [0, 0.05) is 24.9 Å². The van der Waals surface area contributed by atoms with Crippen LogP contribution in [-0.2, 0) is 16.1 Å². The molecular weight excluding hydrogens is 194 g/mol. The monoisotopic (exact) mass is 209 g/mol. The molecule has 0 aliphatic carbocycles. The number of carbonyl (C=O) groups is 1. The van der Waals surface area contributed by atoms with Crippen molar-refractivity contribution in [2.75, 3.05) is 19.0 Å². The fourth-order valence-corrected chi connectivity index (χ4v) is 1.28. The molecule has 1 aromatic carbocycles. The maximum absolute atomic E-state index is 10.3. The Hall–Kier alpha value is -1.55. The van der Waals surface area contributed by atoms with Gasteiger partial charge in [0.1, 0.15) is 0 Å². The summed E-state index contributed by atoms with van der Waals surface area (Å²) in [4.78, 5) is 10.3. The van der Waals surface area contributed by atoms with E-state index in [1.54, 1.807) is 7.11 Å². The largest absolute Gasteiger partial charge is 0.481 e. The van der Waals surface area contributed by atoms with Crippen molar-refractivity contribution >= 4 is 11.7 Å². The van der Waals surface area contributed by atoms with E-state index in [0.29, 0.717) is 13.2 Å². The maximum atomic E-state index is 10.3. The second kappa shape index (κ2) is 6.03. The van der Waals surface area contributed by atoms with Gasteiger partial charge in [-0.25, -0.2) is 0 Å². The molecule has 0 atom stereocenters. The number of anilines is 1. The summed E-state index contributed by atoms with van der Waals surface area (Å²) in [6.07, 6.45) is 0.112. The highest BCUT2D eigenvalue weighted by atomic mass is 16.5. The zero-order valence-electron chi connectivity index (χ0n) is 8.69. The first-order chi connectivity index (χ1) is 7.24. The van der Waals surface area contributed by atoms with E-state index in [1.807, 2.05) is 24.3 Å². The Morgan fingerprint density at radius 3 is 2.87 bits per heavy atom. The summed E-state index contributed by atoms with van der Waals surface area (Å²) in [5.74, 6) is -0.799. The third-order valence-corrected chi connectivity index (χ3v) is 1.97. The minimum atomic E-state index is -0.799. The normalized spacial score (nSPS) is 9.93. The molecule has 0 heterocycles. The summed E-state index contributed by atoms with van der Waals surface area (Å²) in [7, 11) is 1.63. The van der Waals surface area contributed by atoms with Crippen LogP contribution in [0.25, 0.3) is 0 Å². The van der Waals surface area contributed by atoms with Crippen LogP contribution in [0.15, 0.2) is 24.3 Å². The molecule has 0 fully saturated rings. The van der Waals surface area contributed by atoms with Gasteiger partial charge in [0.25, 0.3) is 0 Å². The lowest BCUT2D eigenvalue weighted by Crippen LogP contribution is -2.09. The van der Waals surface area contributed by atoms with Gasteiger partial charge in [-0.15, -0.1) is 0 Å². The van der Waals surface area contributed by atoms with Crippen LogP contribution in [0.3, 0.4) is 0 Å². The Labute approximate surface area is 88.9 Å². The molecule has 2 N–H and O–H groups in total. The Balaban J connectivity index is 2.55. The lowest BCUT2D eigenvalue weighted by molar-refractivity contribution is -0.136. The number of para-hydroxylation sites is 1. The molecule has 0 radical (unpaired) electrons. The number of aliphatic carboxylic acids is 1. The van der Waals surface area contributed by atoms with Gasteiger partial charge in [0.2, 0.25) is 0 Å². The molecule has 0 aliphatic rings. The first-order valence-corrected chi connectivity index (χ1v) is 4.76. The molecule has 4 heteroatoms. The number of ether oxygens (including phenoxy) is 1. The summed E-state index contributed by atoms with van der Waals surface area (Å²) in [6, 6.07) is 7.70. The van der Waals surface area contributed by atoms with Crippen molar-refractivity contribution < 1.29 is 14.6 Å². The second-order valence-electron chi connectivity index (χ2n) is 3.16. The highest BCUT2D eigenvalue weighted by molar-refractivity contribution is 5.67. The topological polar surface area (TPSA) is 58.6 Å². The molecule has 0 aromatic heterocycles.